The van der Waals surface area contributed by atoms with Crippen LogP contribution < -0.4 is 9.47 Å². The van der Waals surface area contributed by atoms with E-state index in [-0.39, 0.29) is 12.6 Å². The third kappa shape index (κ3) is 119. The van der Waals surface area contributed by atoms with E-state index in [1.165, 1.54) is 19.3 Å². The molecule has 348 valence electrons. The van der Waals surface area contributed by atoms with Gasteiger partial charge >= 0.3 is 0 Å². The zero-order valence-corrected chi connectivity index (χ0v) is 44.2. The molecular weight excluding hydrogens is 705 g/mol. The third-order valence-corrected chi connectivity index (χ3v) is 3.58. The Hall–Kier alpha value is -3.02. The van der Waals surface area contributed by atoms with Crippen molar-refractivity contribution in [3.8, 4) is 17.2 Å². The molecule has 0 bridgehead atoms. The van der Waals surface area contributed by atoms with Crippen molar-refractivity contribution < 1.29 is 24.1 Å². The fourth-order valence-electron chi connectivity index (χ4n) is 2.13. The third-order valence-electron chi connectivity index (χ3n) is 3.58. The first-order valence-electron chi connectivity index (χ1n) is 23.1. The maximum Gasteiger partial charge on any atom is 0.196 e. The Bertz CT molecular complexity index is 796. The van der Waals surface area contributed by atoms with Crippen LogP contribution in [0, 0.1) is 0 Å². The van der Waals surface area contributed by atoms with Gasteiger partial charge in [-0.25, -0.2) is 0 Å². The fraction of sp³-hybridized carbons (Fsp3) is 0.654. The van der Waals surface area contributed by atoms with Crippen LogP contribution in [-0.2, 0) is 9.47 Å². The Morgan fingerprint density at radius 3 is 0.772 bits per heavy atom. The molecule has 0 aliphatic carbocycles. The maximum absolute atomic E-state index is 8.63. The van der Waals surface area contributed by atoms with E-state index in [0.29, 0.717) is 12.4 Å². The summed E-state index contributed by atoms with van der Waals surface area (Å²) in [5.41, 5.74) is 0. The summed E-state index contributed by atoms with van der Waals surface area (Å²) >= 11 is 0. The second-order valence-electron chi connectivity index (χ2n) is 8.14. The van der Waals surface area contributed by atoms with Crippen LogP contribution in [0.4, 0.5) is 0 Å². The largest absolute Gasteiger partial charge is 0.508 e. The molecule has 3 aromatic carbocycles. The molecule has 0 aliphatic heterocycles. The van der Waals surface area contributed by atoms with Crippen molar-refractivity contribution in [1.29, 1.82) is 0 Å². The van der Waals surface area contributed by atoms with Gasteiger partial charge in [-0.15, -0.1) is 0 Å². The van der Waals surface area contributed by atoms with Gasteiger partial charge in [0.2, 0.25) is 0 Å². The second kappa shape index (κ2) is 117. The summed E-state index contributed by atoms with van der Waals surface area (Å²) in [7, 11) is 1.62. The molecule has 5 nitrogen and oxygen atoms in total. The van der Waals surface area contributed by atoms with Crippen LogP contribution in [0.2, 0.25) is 0 Å². The molecule has 0 aromatic heterocycles. The van der Waals surface area contributed by atoms with Crippen LogP contribution >= 0.6 is 0 Å². The topological polar surface area (TPSA) is 57.2 Å². The van der Waals surface area contributed by atoms with Crippen molar-refractivity contribution >= 4 is 0 Å². The summed E-state index contributed by atoms with van der Waals surface area (Å²) < 4.78 is 20.9. The molecule has 3 aromatic rings. The Kier molecular flexibility index (Phi) is 176. The smallest absolute Gasteiger partial charge is 0.196 e. The predicted molar refractivity (Wildman–Crippen MR) is 270 cm³/mol. The highest BCUT2D eigenvalue weighted by molar-refractivity contribution is 5.21. The van der Waals surface area contributed by atoms with Gasteiger partial charge in [-0.05, 0) is 57.2 Å². The quantitative estimate of drug-likeness (QED) is 0.241. The molecule has 5 heteroatoms. The van der Waals surface area contributed by atoms with Crippen molar-refractivity contribution in [3.05, 3.63) is 91.0 Å². The van der Waals surface area contributed by atoms with Crippen LogP contribution in [0.1, 0.15) is 206 Å². The normalized spacial score (nSPS) is 8.00. The summed E-state index contributed by atoms with van der Waals surface area (Å²) in [6.45, 7) is 55.1. The van der Waals surface area contributed by atoms with E-state index in [9.17, 15) is 0 Å². The van der Waals surface area contributed by atoms with Gasteiger partial charge < -0.3 is 24.1 Å². The Morgan fingerprint density at radius 2 is 0.596 bits per heavy atom. The molecule has 1 N–H and O–H groups in total. The van der Waals surface area contributed by atoms with Gasteiger partial charge in [0.25, 0.3) is 0 Å². The highest BCUT2D eigenvalue weighted by atomic mass is 16.7. The lowest BCUT2D eigenvalue weighted by Crippen LogP contribution is -2.15. The molecule has 0 saturated heterocycles. The number of ether oxygens (including phenoxy) is 4. The second-order valence-corrected chi connectivity index (χ2v) is 8.14. The number of rotatable bonds is 7. The van der Waals surface area contributed by atoms with E-state index in [1.807, 2.05) is 212 Å². The number of hydrogen-bond acceptors (Lipinski definition) is 5. The number of para-hydroxylation sites is 3. The van der Waals surface area contributed by atoms with E-state index in [2.05, 4.69) is 41.5 Å². The van der Waals surface area contributed by atoms with Crippen LogP contribution in [-0.4, -0.2) is 31.4 Å². The first kappa shape index (κ1) is 86.0. The van der Waals surface area contributed by atoms with E-state index in [1.54, 1.807) is 31.4 Å². The van der Waals surface area contributed by atoms with Gasteiger partial charge in [0.1, 0.15) is 17.2 Å². The lowest BCUT2D eigenvalue weighted by atomic mass is 10.3. The molecule has 2 atom stereocenters. The lowest BCUT2D eigenvalue weighted by Gasteiger charge is -2.13. The highest BCUT2D eigenvalue weighted by Crippen LogP contribution is 2.11. The summed E-state index contributed by atoms with van der Waals surface area (Å²) in [5, 5.41) is 8.63. The van der Waals surface area contributed by atoms with E-state index in [4.69, 9.17) is 24.1 Å². The standard InChI is InChI=1S/C10H14O2.C9H12O2.C6H6O.3C3H8.9C2H6/c1-3-11-9(2)12-10-7-5-4-6-8-10;1-8(10-2)11-9-6-4-3-5-7-9;7-6-4-2-1-3-5-6;3*1-3-2;9*1-2/h4-9H,3H2,1-2H3;3-8H,1-2H3;1-5,7H;3*3H2,1-2H3;9*1-2H3. The number of aromatic hydroxyl groups is 1. The highest BCUT2D eigenvalue weighted by Gasteiger charge is 2.00. The molecular formula is C52H110O5. The Morgan fingerprint density at radius 1 is 0.386 bits per heavy atom. The fourth-order valence-corrected chi connectivity index (χ4v) is 2.13. The molecule has 0 radical (unpaired) electrons. The zero-order chi connectivity index (χ0) is 48.2. The first-order chi connectivity index (χ1) is 27.8. The van der Waals surface area contributed by atoms with Gasteiger partial charge in [-0.2, -0.15) is 0 Å². The van der Waals surface area contributed by atoms with Gasteiger partial charge in [0.15, 0.2) is 12.6 Å². The van der Waals surface area contributed by atoms with E-state index >= 15 is 0 Å². The minimum absolute atomic E-state index is 0.169. The Labute approximate surface area is 363 Å². The molecule has 57 heavy (non-hydrogen) atoms. The van der Waals surface area contributed by atoms with Gasteiger partial charge in [-0.1, -0.05) is 240 Å². The molecule has 2 unspecified atom stereocenters. The van der Waals surface area contributed by atoms with Crippen molar-refractivity contribution in [2.45, 2.75) is 219 Å². The molecule has 0 amide bonds. The summed E-state index contributed by atoms with van der Waals surface area (Å²) in [4.78, 5) is 0. The van der Waals surface area contributed by atoms with Crippen LogP contribution in [0.15, 0.2) is 91.0 Å². The van der Waals surface area contributed by atoms with Crippen molar-refractivity contribution in [2.75, 3.05) is 13.7 Å². The molecule has 0 aliphatic rings. The van der Waals surface area contributed by atoms with Gasteiger partial charge in [0, 0.05) is 13.7 Å². The van der Waals surface area contributed by atoms with Crippen molar-refractivity contribution in [3.63, 3.8) is 0 Å². The molecule has 3 rings (SSSR count). The minimum atomic E-state index is -0.183. The van der Waals surface area contributed by atoms with Crippen LogP contribution in [0.3, 0.4) is 0 Å². The molecule has 0 heterocycles. The molecule has 0 fully saturated rings. The number of phenols is 1. The van der Waals surface area contributed by atoms with Crippen LogP contribution in [0.5, 0.6) is 17.2 Å². The van der Waals surface area contributed by atoms with Crippen molar-refractivity contribution in [1.82, 2.24) is 0 Å². The average Bonchev–Trinajstić information content (AvgIpc) is 3.29. The Balaban J connectivity index is -0.0000000414. The van der Waals surface area contributed by atoms with Gasteiger partial charge in [-0.3, -0.25) is 0 Å². The molecule has 0 spiro atoms. The van der Waals surface area contributed by atoms with E-state index < -0.39 is 0 Å². The minimum Gasteiger partial charge on any atom is -0.508 e. The van der Waals surface area contributed by atoms with Crippen molar-refractivity contribution in [2.24, 2.45) is 0 Å². The number of phenolic OH excluding ortho intramolecular Hbond substituents is 1. The summed E-state index contributed by atoms with van der Waals surface area (Å²) in [5.74, 6) is 2.00. The number of methoxy groups -OCH3 is 1. The SMILES string of the molecule is CC.CC.CC.CC.CC.CC.CC.CC.CC.CCC.CCC.CCC.CCOC(C)Oc1ccccc1.COC(C)Oc1ccccc1.Oc1ccccc1. The van der Waals surface area contributed by atoms with Crippen LogP contribution in [0.25, 0.3) is 0 Å². The zero-order valence-electron chi connectivity index (χ0n) is 44.2. The predicted octanol–water partition coefficient (Wildman–Crippen LogP) is 19.4. The average molecular weight is 815 g/mol. The summed E-state index contributed by atoms with van der Waals surface area (Å²) in [6.07, 6.45) is 3.40. The monoisotopic (exact) mass is 815 g/mol. The molecule has 0 saturated carbocycles. The van der Waals surface area contributed by atoms with Gasteiger partial charge in [0.05, 0.1) is 0 Å². The number of hydrogen-bond donors (Lipinski definition) is 1. The lowest BCUT2D eigenvalue weighted by molar-refractivity contribution is -0.0613. The summed E-state index contributed by atoms with van der Waals surface area (Å²) in [6, 6.07) is 28.0. The number of benzene rings is 3. The van der Waals surface area contributed by atoms with E-state index in [0.717, 1.165) is 11.5 Å². The first-order valence-corrected chi connectivity index (χ1v) is 23.1. The maximum atomic E-state index is 8.63.